The van der Waals surface area contributed by atoms with Gasteiger partial charge in [0.2, 0.25) is 0 Å². The summed E-state index contributed by atoms with van der Waals surface area (Å²) in [4.78, 5) is 46.0. The largest absolute Gasteiger partial charge is 0.465 e. The van der Waals surface area contributed by atoms with Crippen LogP contribution in [-0.2, 0) is 4.74 Å². The molecule has 9 heteroatoms. The number of carbonyl (C=O) groups is 3. The maximum Gasteiger partial charge on any atom is 0.341 e. The third-order valence-corrected chi connectivity index (χ3v) is 4.35. The zero-order valence-corrected chi connectivity index (χ0v) is 14.4. The Balaban J connectivity index is 2.44. The molecule has 2 aromatic heterocycles. The van der Waals surface area contributed by atoms with Gasteiger partial charge < -0.3 is 15.0 Å². The Hall–Kier alpha value is -2.81. The molecule has 0 saturated carbocycles. The molecular weight excluding hydrogens is 332 g/mol. The minimum Gasteiger partial charge on any atom is -0.465 e. The van der Waals surface area contributed by atoms with Gasteiger partial charge in [0.25, 0.3) is 11.8 Å². The molecule has 8 nitrogen and oxygen atoms in total. The molecule has 2 amide bonds. The quantitative estimate of drug-likeness (QED) is 0.842. The van der Waals surface area contributed by atoms with Crippen LogP contribution in [-0.4, -0.2) is 53.9 Å². The van der Waals surface area contributed by atoms with Gasteiger partial charge in [0.15, 0.2) is 0 Å². The molecule has 0 bridgehead atoms. The van der Waals surface area contributed by atoms with Gasteiger partial charge in [-0.3, -0.25) is 14.6 Å². The van der Waals surface area contributed by atoms with E-state index in [4.69, 9.17) is 4.74 Å². The average molecular weight is 348 g/mol. The molecule has 2 aromatic rings. The maximum atomic E-state index is 12.2. The number of nitrogens with one attached hydrogen (secondary N) is 1. The first-order valence-electron chi connectivity index (χ1n) is 6.87. The Morgan fingerprint density at radius 2 is 1.96 bits per heavy atom. The van der Waals surface area contributed by atoms with Crippen molar-refractivity contribution in [1.29, 1.82) is 0 Å². The second kappa shape index (κ2) is 7.18. The lowest BCUT2D eigenvalue weighted by Gasteiger charge is -2.08. The van der Waals surface area contributed by atoms with Gasteiger partial charge in [-0.1, -0.05) is 0 Å². The van der Waals surface area contributed by atoms with Crippen LogP contribution in [0.1, 0.15) is 36.1 Å². The molecular formula is C15H16N4O4S. The highest BCUT2D eigenvalue weighted by Crippen LogP contribution is 2.34. The first kappa shape index (κ1) is 17.5. The maximum absolute atomic E-state index is 12.2. The fourth-order valence-corrected chi connectivity index (χ4v) is 3.15. The second-order valence-electron chi connectivity index (χ2n) is 5.00. The summed E-state index contributed by atoms with van der Waals surface area (Å²) in [6, 6.07) is 0. The van der Waals surface area contributed by atoms with Gasteiger partial charge in [-0.2, -0.15) is 0 Å². The standard InChI is InChI=1S/C15H16N4O4S/c1-8-10(15(22)23-4)13(24-11(8)14(21)19(2)3)18-12(20)9-7-16-5-6-17-9/h5-7H,1-4H3,(H,18,20). The number of esters is 1. The van der Waals surface area contributed by atoms with E-state index >= 15 is 0 Å². The van der Waals surface area contributed by atoms with Crippen LogP contribution in [0.3, 0.4) is 0 Å². The molecule has 1 N–H and O–H groups in total. The number of hydrogen-bond donors (Lipinski definition) is 1. The topological polar surface area (TPSA) is 101 Å². The van der Waals surface area contributed by atoms with E-state index < -0.39 is 11.9 Å². The Morgan fingerprint density at radius 3 is 2.50 bits per heavy atom. The molecule has 0 aliphatic rings. The number of methoxy groups -OCH3 is 1. The van der Waals surface area contributed by atoms with Crippen LogP contribution in [0.25, 0.3) is 0 Å². The summed E-state index contributed by atoms with van der Waals surface area (Å²) in [5, 5.41) is 2.84. The van der Waals surface area contributed by atoms with Gasteiger partial charge >= 0.3 is 5.97 Å². The summed E-state index contributed by atoms with van der Waals surface area (Å²) in [6.45, 7) is 1.64. The van der Waals surface area contributed by atoms with E-state index in [1.54, 1.807) is 21.0 Å². The van der Waals surface area contributed by atoms with Gasteiger partial charge in [0.05, 0.1) is 23.7 Å². The Kier molecular flexibility index (Phi) is 5.24. The zero-order valence-electron chi connectivity index (χ0n) is 13.6. The molecule has 0 saturated heterocycles. The number of amides is 2. The number of aromatic nitrogens is 2. The van der Waals surface area contributed by atoms with Crippen molar-refractivity contribution in [3.8, 4) is 0 Å². The average Bonchev–Trinajstić information content (AvgIpc) is 2.90. The van der Waals surface area contributed by atoms with Crippen molar-refractivity contribution >= 4 is 34.1 Å². The summed E-state index contributed by atoms with van der Waals surface area (Å²) >= 11 is 1.02. The van der Waals surface area contributed by atoms with Gasteiger partial charge in [-0.05, 0) is 12.5 Å². The van der Waals surface area contributed by atoms with Crippen molar-refractivity contribution in [2.75, 3.05) is 26.5 Å². The predicted molar refractivity (Wildman–Crippen MR) is 88.4 cm³/mol. The van der Waals surface area contributed by atoms with Crippen LogP contribution >= 0.6 is 11.3 Å². The van der Waals surface area contributed by atoms with E-state index in [1.807, 2.05) is 0 Å². The third-order valence-electron chi connectivity index (χ3n) is 3.16. The summed E-state index contributed by atoms with van der Waals surface area (Å²) < 4.78 is 4.76. The number of anilines is 1. The van der Waals surface area contributed by atoms with E-state index in [1.165, 1.54) is 30.6 Å². The highest BCUT2D eigenvalue weighted by molar-refractivity contribution is 7.18. The molecule has 2 heterocycles. The van der Waals surface area contributed by atoms with E-state index in [0.717, 1.165) is 11.3 Å². The molecule has 0 atom stereocenters. The summed E-state index contributed by atoms with van der Waals surface area (Å²) in [5.41, 5.74) is 0.713. The van der Waals surface area contributed by atoms with Crippen LogP contribution < -0.4 is 5.32 Å². The zero-order chi connectivity index (χ0) is 17.9. The van der Waals surface area contributed by atoms with Crippen LogP contribution in [0.4, 0.5) is 5.00 Å². The van der Waals surface area contributed by atoms with E-state index in [9.17, 15) is 14.4 Å². The van der Waals surface area contributed by atoms with Crippen LogP contribution in [0.15, 0.2) is 18.6 Å². The molecule has 0 unspecified atom stereocenters. The molecule has 0 aliphatic heterocycles. The monoisotopic (exact) mass is 348 g/mol. The van der Waals surface area contributed by atoms with Gasteiger partial charge in [-0.25, -0.2) is 9.78 Å². The summed E-state index contributed by atoms with van der Waals surface area (Å²) in [5.74, 6) is -1.42. The first-order valence-corrected chi connectivity index (χ1v) is 7.69. The number of rotatable bonds is 4. The highest BCUT2D eigenvalue weighted by atomic mass is 32.1. The van der Waals surface area contributed by atoms with Crippen molar-refractivity contribution < 1.29 is 19.1 Å². The lowest BCUT2D eigenvalue weighted by atomic mass is 10.1. The molecule has 0 aliphatic carbocycles. The second-order valence-corrected chi connectivity index (χ2v) is 6.02. The molecule has 24 heavy (non-hydrogen) atoms. The summed E-state index contributed by atoms with van der Waals surface area (Å²) in [7, 11) is 4.45. The van der Waals surface area contributed by atoms with Gasteiger partial charge in [-0.15, -0.1) is 11.3 Å². The fraction of sp³-hybridized carbons (Fsp3) is 0.267. The number of ether oxygens (including phenoxy) is 1. The fourth-order valence-electron chi connectivity index (χ4n) is 1.94. The summed E-state index contributed by atoms with van der Waals surface area (Å²) in [6.07, 6.45) is 4.14. The van der Waals surface area contributed by atoms with Gasteiger partial charge in [0.1, 0.15) is 10.7 Å². The van der Waals surface area contributed by atoms with E-state index in [-0.39, 0.29) is 22.2 Å². The van der Waals surface area contributed by atoms with Crippen molar-refractivity contribution in [2.24, 2.45) is 0 Å². The minimum atomic E-state index is -0.629. The molecule has 126 valence electrons. The molecule has 0 spiro atoms. The number of nitrogens with zero attached hydrogens (tertiary/aromatic N) is 3. The highest BCUT2D eigenvalue weighted by Gasteiger charge is 2.27. The van der Waals surface area contributed by atoms with Crippen molar-refractivity contribution in [3.05, 3.63) is 40.3 Å². The number of carbonyl (C=O) groups excluding carboxylic acids is 3. The van der Waals surface area contributed by atoms with Crippen LogP contribution in [0, 0.1) is 6.92 Å². The SMILES string of the molecule is COC(=O)c1c(NC(=O)c2cnccn2)sc(C(=O)N(C)C)c1C. The van der Waals surface area contributed by atoms with Crippen molar-refractivity contribution in [1.82, 2.24) is 14.9 Å². The first-order chi connectivity index (χ1) is 11.4. The van der Waals surface area contributed by atoms with Crippen molar-refractivity contribution in [3.63, 3.8) is 0 Å². The molecule has 0 aromatic carbocycles. The van der Waals surface area contributed by atoms with Gasteiger partial charge in [0, 0.05) is 26.5 Å². The Labute approximate surface area is 142 Å². The smallest absolute Gasteiger partial charge is 0.341 e. The predicted octanol–water partition coefficient (Wildman–Crippen LogP) is 1.59. The van der Waals surface area contributed by atoms with Crippen LogP contribution in [0.5, 0.6) is 0 Å². The number of hydrogen-bond acceptors (Lipinski definition) is 7. The van der Waals surface area contributed by atoms with Crippen molar-refractivity contribution in [2.45, 2.75) is 6.92 Å². The molecule has 2 rings (SSSR count). The number of thiophene rings is 1. The van der Waals surface area contributed by atoms with Crippen LogP contribution in [0.2, 0.25) is 0 Å². The third kappa shape index (κ3) is 3.40. The Bertz CT molecular complexity index is 786. The van der Waals surface area contributed by atoms with E-state index in [2.05, 4.69) is 15.3 Å². The lowest BCUT2D eigenvalue weighted by Crippen LogP contribution is -2.21. The normalized spacial score (nSPS) is 10.2. The molecule has 0 fully saturated rings. The lowest BCUT2D eigenvalue weighted by molar-refractivity contribution is 0.0601. The minimum absolute atomic E-state index is 0.0971. The molecule has 0 radical (unpaired) electrons. The Morgan fingerprint density at radius 1 is 1.25 bits per heavy atom. The van der Waals surface area contributed by atoms with E-state index in [0.29, 0.717) is 10.4 Å².